The minimum Gasteiger partial charge on any atom is -0.478 e. The van der Waals surface area contributed by atoms with E-state index in [9.17, 15) is 14.4 Å². The lowest BCUT2D eigenvalue weighted by Gasteiger charge is -2.23. The lowest BCUT2D eigenvalue weighted by molar-refractivity contribution is 0.0592. The van der Waals surface area contributed by atoms with E-state index in [0.29, 0.717) is 16.7 Å². The van der Waals surface area contributed by atoms with Crippen molar-refractivity contribution in [3.8, 4) is 0 Å². The number of benzene rings is 2. The molecule has 0 spiro atoms. The number of aromatic carboxylic acids is 1. The van der Waals surface area contributed by atoms with Gasteiger partial charge in [-0.05, 0) is 36.8 Å². The third kappa shape index (κ3) is 2.07. The van der Waals surface area contributed by atoms with E-state index < -0.39 is 12.0 Å². The molecule has 1 heterocycles. The maximum atomic E-state index is 12.4. The summed E-state index contributed by atoms with van der Waals surface area (Å²) in [4.78, 5) is 36.9. The van der Waals surface area contributed by atoms with Crippen molar-refractivity contribution in [1.29, 1.82) is 0 Å². The van der Waals surface area contributed by atoms with Gasteiger partial charge in [-0.25, -0.2) is 4.79 Å². The van der Waals surface area contributed by atoms with Crippen LogP contribution in [0.4, 0.5) is 0 Å². The van der Waals surface area contributed by atoms with Crippen molar-refractivity contribution in [1.82, 2.24) is 4.90 Å². The standard InChI is InChI=1S/C17H13NO4/c1-10(11-6-8-12(9-7-11)17(21)22)18-15(19)13-4-2-3-5-14(13)16(18)20/h2-10H,1H3,(H,21,22)/t10-/m1/s1. The molecule has 1 atom stereocenters. The first-order valence-corrected chi connectivity index (χ1v) is 6.81. The SMILES string of the molecule is C[C@H](c1ccc(C(=O)O)cc1)N1C(=O)c2ccccc2C1=O. The van der Waals surface area contributed by atoms with Gasteiger partial charge in [0.05, 0.1) is 22.7 Å². The Labute approximate surface area is 126 Å². The molecule has 0 aliphatic carbocycles. The summed E-state index contributed by atoms with van der Waals surface area (Å²) < 4.78 is 0. The molecule has 0 saturated carbocycles. The van der Waals surface area contributed by atoms with Gasteiger partial charge >= 0.3 is 5.97 Å². The Bertz CT molecular complexity index is 745. The number of carboxylic acid groups (broad SMARTS) is 1. The molecule has 2 aromatic rings. The van der Waals surface area contributed by atoms with Crippen LogP contribution >= 0.6 is 0 Å². The molecule has 110 valence electrons. The second-order valence-electron chi connectivity index (χ2n) is 5.13. The van der Waals surface area contributed by atoms with Crippen LogP contribution in [0.1, 0.15) is 49.6 Å². The third-order valence-electron chi connectivity index (χ3n) is 3.85. The lowest BCUT2D eigenvalue weighted by atomic mass is 10.0. The molecule has 0 unspecified atom stereocenters. The van der Waals surface area contributed by atoms with Crippen molar-refractivity contribution in [3.05, 3.63) is 70.8 Å². The summed E-state index contributed by atoms with van der Waals surface area (Å²) in [7, 11) is 0. The van der Waals surface area contributed by atoms with E-state index in [1.807, 2.05) is 0 Å². The van der Waals surface area contributed by atoms with Gasteiger partial charge in [-0.15, -0.1) is 0 Å². The Kier molecular flexibility index (Phi) is 3.25. The average molecular weight is 295 g/mol. The zero-order valence-corrected chi connectivity index (χ0v) is 11.8. The number of carbonyl (C=O) groups excluding carboxylic acids is 2. The van der Waals surface area contributed by atoms with Gasteiger partial charge in [-0.1, -0.05) is 24.3 Å². The van der Waals surface area contributed by atoms with Crippen LogP contribution < -0.4 is 0 Å². The molecule has 0 bridgehead atoms. The van der Waals surface area contributed by atoms with Crippen LogP contribution in [-0.4, -0.2) is 27.8 Å². The second kappa shape index (κ2) is 5.11. The van der Waals surface area contributed by atoms with Crippen molar-refractivity contribution in [2.24, 2.45) is 0 Å². The van der Waals surface area contributed by atoms with Crippen molar-refractivity contribution < 1.29 is 19.5 Å². The van der Waals surface area contributed by atoms with Gasteiger partial charge in [-0.3, -0.25) is 14.5 Å². The summed E-state index contributed by atoms with van der Waals surface area (Å²) in [6, 6.07) is 12.4. The number of fused-ring (bicyclic) bond motifs is 1. The quantitative estimate of drug-likeness (QED) is 0.883. The van der Waals surface area contributed by atoms with Crippen LogP contribution in [0.5, 0.6) is 0 Å². The van der Waals surface area contributed by atoms with E-state index in [1.165, 1.54) is 17.0 Å². The molecule has 0 aromatic heterocycles. The van der Waals surface area contributed by atoms with E-state index in [1.54, 1.807) is 43.3 Å². The van der Waals surface area contributed by atoms with Gasteiger partial charge in [0, 0.05) is 0 Å². The molecule has 1 aliphatic rings. The van der Waals surface area contributed by atoms with Crippen molar-refractivity contribution >= 4 is 17.8 Å². The van der Waals surface area contributed by atoms with E-state index in [-0.39, 0.29) is 17.4 Å². The van der Waals surface area contributed by atoms with Gasteiger partial charge in [0.15, 0.2) is 0 Å². The highest BCUT2D eigenvalue weighted by Crippen LogP contribution is 2.31. The molecule has 1 N–H and O–H groups in total. The van der Waals surface area contributed by atoms with Crippen LogP contribution in [-0.2, 0) is 0 Å². The molecule has 2 aromatic carbocycles. The Hall–Kier alpha value is -2.95. The number of hydrogen-bond acceptors (Lipinski definition) is 3. The van der Waals surface area contributed by atoms with Gasteiger partial charge in [0.2, 0.25) is 0 Å². The molecule has 2 amide bonds. The summed E-state index contributed by atoms with van der Waals surface area (Å²) in [5.74, 6) is -1.66. The number of nitrogens with zero attached hydrogens (tertiary/aromatic N) is 1. The van der Waals surface area contributed by atoms with Gasteiger partial charge < -0.3 is 5.11 Å². The number of imide groups is 1. The fourth-order valence-electron chi connectivity index (χ4n) is 2.61. The van der Waals surface area contributed by atoms with Crippen LogP contribution in [0, 0.1) is 0 Å². The molecule has 0 radical (unpaired) electrons. The molecular weight excluding hydrogens is 282 g/mol. The maximum Gasteiger partial charge on any atom is 0.335 e. The molecule has 3 rings (SSSR count). The number of rotatable bonds is 3. The summed E-state index contributed by atoms with van der Waals surface area (Å²) in [6.45, 7) is 1.75. The second-order valence-corrected chi connectivity index (χ2v) is 5.13. The van der Waals surface area contributed by atoms with Crippen molar-refractivity contribution in [3.63, 3.8) is 0 Å². The predicted molar refractivity (Wildman–Crippen MR) is 78.8 cm³/mol. The molecule has 5 nitrogen and oxygen atoms in total. The minimum atomic E-state index is -1.01. The van der Waals surface area contributed by atoms with Crippen LogP contribution in [0.25, 0.3) is 0 Å². The van der Waals surface area contributed by atoms with E-state index in [4.69, 9.17) is 5.11 Å². The van der Waals surface area contributed by atoms with E-state index >= 15 is 0 Å². The normalized spacial score (nSPS) is 14.9. The summed E-state index contributed by atoms with van der Waals surface area (Å²) >= 11 is 0. The molecular formula is C17H13NO4. The highest BCUT2D eigenvalue weighted by atomic mass is 16.4. The highest BCUT2D eigenvalue weighted by molar-refractivity contribution is 6.21. The largest absolute Gasteiger partial charge is 0.478 e. The fraction of sp³-hybridized carbons (Fsp3) is 0.118. The van der Waals surface area contributed by atoms with Crippen LogP contribution in [0.2, 0.25) is 0 Å². The third-order valence-corrected chi connectivity index (χ3v) is 3.85. The summed E-state index contributed by atoms with van der Waals surface area (Å²) in [5.41, 5.74) is 1.68. The average Bonchev–Trinajstić information content (AvgIpc) is 2.79. The number of hydrogen-bond donors (Lipinski definition) is 1. The molecule has 0 fully saturated rings. The van der Waals surface area contributed by atoms with Crippen LogP contribution in [0.3, 0.4) is 0 Å². The number of carboxylic acids is 1. The maximum absolute atomic E-state index is 12.4. The van der Waals surface area contributed by atoms with E-state index in [2.05, 4.69) is 0 Å². The zero-order chi connectivity index (χ0) is 15.9. The first-order chi connectivity index (χ1) is 10.5. The Morgan fingerprint density at radius 3 is 1.91 bits per heavy atom. The Balaban J connectivity index is 1.93. The monoisotopic (exact) mass is 295 g/mol. The first-order valence-electron chi connectivity index (χ1n) is 6.81. The van der Waals surface area contributed by atoms with Crippen molar-refractivity contribution in [2.75, 3.05) is 0 Å². The van der Waals surface area contributed by atoms with Gasteiger partial charge in [-0.2, -0.15) is 0 Å². The smallest absolute Gasteiger partial charge is 0.335 e. The summed E-state index contributed by atoms with van der Waals surface area (Å²) in [5, 5.41) is 8.91. The van der Waals surface area contributed by atoms with Crippen molar-refractivity contribution in [2.45, 2.75) is 13.0 Å². The number of amides is 2. The highest BCUT2D eigenvalue weighted by Gasteiger charge is 2.38. The van der Waals surface area contributed by atoms with E-state index in [0.717, 1.165) is 0 Å². The Morgan fingerprint density at radius 1 is 0.955 bits per heavy atom. The van der Waals surface area contributed by atoms with Crippen LogP contribution in [0.15, 0.2) is 48.5 Å². The Morgan fingerprint density at radius 2 is 1.45 bits per heavy atom. The molecule has 0 saturated heterocycles. The molecule has 22 heavy (non-hydrogen) atoms. The first kappa shape index (κ1) is 14.0. The zero-order valence-electron chi connectivity index (χ0n) is 11.8. The topological polar surface area (TPSA) is 74.7 Å². The van der Waals surface area contributed by atoms with Gasteiger partial charge in [0.25, 0.3) is 11.8 Å². The predicted octanol–water partition coefficient (Wildman–Crippen LogP) is 2.74. The molecule has 1 aliphatic heterocycles. The molecule has 5 heteroatoms. The lowest BCUT2D eigenvalue weighted by Crippen LogP contribution is -2.32. The fourth-order valence-corrected chi connectivity index (χ4v) is 2.61. The summed E-state index contributed by atoms with van der Waals surface area (Å²) in [6.07, 6.45) is 0. The minimum absolute atomic E-state index is 0.165. The number of carbonyl (C=O) groups is 3. The van der Waals surface area contributed by atoms with Gasteiger partial charge in [0.1, 0.15) is 0 Å².